The van der Waals surface area contributed by atoms with Crippen molar-refractivity contribution in [3.8, 4) is 11.6 Å². The summed E-state index contributed by atoms with van der Waals surface area (Å²) in [5.41, 5.74) is -1.17. The normalized spacial score (nSPS) is 11.8. The van der Waals surface area contributed by atoms with Crippen LogP contribution in [0.4, 0.5) is 22.0 Å². The van der Waals surface area contributed by atoms with Gasteiger partial charge in [0.1, 0.15) is 11.3 Å². The van der Waals surface area contributed by atoms with E-state index in [-0.39, 0.29) is 10.9 Å². The third-order valence-electron chi connectivity index (χ3n) is 1.88. The lowest BCUT2D eigenvalue weighted by Crippen LogP contribution is -2.20. The van der Waals surface area contributed by atoms with Crippen LogP contribution < -0.4 is 9.47 Å². The number of halogens is 6. The summed E-state index contributed by atoms with van der Waals surface area (Å²) in [6, 6.07) is 0. The minimum Gasteiger partial charge on any atom is -0.481 e. The SMILES string of the molecule is COc1ncc(CBr)c(OC(F)(F)F)c1C(F)F. The van der Waals surface area contributed by atoms with Crippen molar-refractivity contribution in [3.05, 3.63) is 17.3 Å². The average molecular weight is 336 g/mol. The molecule has 0 spiro atoms. The average Bonchev–Trinajstić information content (AvgIpc) is 2.25. The quantitative estimate of drug-likeness (QED) is 0.619. The van der Waals surface area contributed by atoms with Gasteiger partial charge in [-0.3, -0.25) is 0 Å². The molecular formula is C9H7BrF5NO2. The maximum atomic E-state index is 12.8. The smallest absolute Gasteiger partial charge is 0.481 e. The highest BCUT2D eigenvalue weighted by Gasteiger charge is 2.36. The molecule has 0 bridgehead atoms. The molecule has 1 heterocycles. The zero-order valence-corrected chi connectivity index (χ0v) is 10.5. The van der Waals surface area contributed by atoms with E-state index < -0.39 is 30.0 Å². The molecule has 0 aliphatic carbocycles. The molecule has 0 atom stereocenters. The van der Waals surface area contributed by atoms with Crippen molar-refractivity contribution >= 4 is 15.9 Å². The number of pyridine rings is 1. The summed E-state index contributed by atoms with van der Waals surface area (Å²) in [7, 11) is 1.03. The Bertz CT molecular complexity index is 424. The Morgan fingerprint density at radius 2 is 2.00 bits per heavy atom. The Balaban J connectivity index is 3.40. The monoisotopic (exact) mass is 335 g/mol. The Labute approximate surface area is 107 Å². The molecule has 9 heteroatoms. The van der Waals surface area contributed by atoms with Crippen molar-refractivity contribution in [2.45, 2.75) is 18.1 Å². The summed E-state index contributed by atoms with van der Waals surface area (Å²) < 4.78 is 70.3. The molecule has 1 aromatic rings. The molecule has 0 aromatic carbocycles. The van der Waals surface area contributed by atoms with Gasteiger partial charge in [0.15, 0.2) is 0 Å². The lowest BCUT2D eigenvalue weighted by Gasteiger charge is -2.17. The molecule has 1 rings (SSSR count). The molecule has 0 aliphatic rings. The summed E-state index contributed by atoms with van der Waals surface area (Å²) in [5, 5.41) is -0.116. The molecular weight excluding hydrogens is 329 g/mol. The third-order valence-corrected chi connectivity index (χ3v) is 2.48. The summed E-state index contributed by atoms with van der Waals surface area (Å²) in [5.74, 6) is -1.59. The minimum absolute atomic E-state index is 0.116. The van der Waals surface area contributed by atoms with Gasteiger partial charge in [-0.1, -0.05) is 15.9 Å². The number of alkyl halides is 6. The number of ether oxygens (including phenoxy) is 2. The molecule has 0 saturated carbocycles. The first kappa shape index (κ1) is 14.9. The Hall–Kier alpha value is -1.12. The van der Waals surface area contributed by atoms with E-state index in [1.54, 1.807) is 0 Å². The standard InChI is InChI=1S/C9H7BrF5NO2/c1-17-8-5(7(11)12)6(18-9(13,14)15)4(2-10)3-16-8/h3,7H,2H2,1H3. The van der Waals surface area contributed by atoms with Gasteiger partial charge in [-0.2, -0.15) is 0 Å². The van der Waals surface area contributed by atoms with Crippen LogP contribution in [0.25, 0.3) is 0 Å². The van der Waals surface area contributed by atoms with Crippen molar-refractivity contribution < 1.29 is 31.4 Å². The largest absolute Gasteiger partial charge is 0.573 e. The van der Waals surface area contributed by atoms with Crippen LogP contribution in [0, 0.1) is 0 Å². The van der Waals surface area contributed by atoms with Gasteiger partial charge in [0.05, 0.1) is 7.11 Å². The van der Waals surface area contributed by atoms with Crippen LogP contribution in [-0.4, -0.2) is 18.5 Å². The van der Waals surface area contributed by atoms with E-state index in [1.165, 1.54) is 0 Å². The van der Waals surface area contributed by atoms with E-state index in [9.17, 15) is 22.0 Å². The fourth-order valence-electron chi connectivity index (χ4n) is 1.22. The van der Waals surface area contributed by atoms with Gasteiger partial charge >= 0.3 is 6.36 Å². The first-order valence-corrected chi connectivity index (χ1v) is 5.58. The van der Waals surface area contributed by atoms with E-state index in [0.717, 1.165) is 13.3 Å². The van der Waals surface area contributed by atoms with E-state index >= 15 is 0 Å². The van der Waals surface area contributed by atoms with Gasteiger partial charge < -0.3 is 9.47 Å². The molecule has 18 heavy (non-hydrogen) atoms. The lowest BCUT2D eigenvalue weighted by molar-refractivity contribution is -0.275. The number of nitrogens with zero attached hydrogens (tertiary/aromatic N) is 1. The lowest BCUT2D eigenvalue weighted by atomic mass is 10.2. The molecule has 0 aliphatic heterocycles. The van der Waals surface area contributed by atoms with Crippen molar-refractivity contribution in [2.75, 3.05) is 7.11 Å². The van der Waals surface area contributed by atoms with Crippen LogP contribution in [0.1, 0.15) is 17.6 Å². The van der Waals surface area contributed by atoms with Gasteiger partial charge in [0, 0.05) is 17.1 Å². The number of rotatable bonds is 4. The summed E-state index contributed by atoms with van der Waals surface area (Å²) in [6.07, 6.45) is -7.31. The molecule has 0 saturated heterocycles. The Morgan fingerprint density at radius 1 is 1.39 bits per heavy atom. The molecule has 102 valence electrons. The van der Waals surface area contributed by atoms with Crippen LogP contribution in [0.5, 0.6) is 11.6 Å². The molecule has 0 unspecified atom stereocenters. The maximum absolute atomic E-state index is 12.8. The summed E-state index contributed by atoms with van der Waals surface area (Å²) in [6.45, 7) is 0. The highest BCUT2D eigenvalue weighted by atomic mass is 79.9. The second kappa shape index (κ2) is 5.68. The van der Waals surface area contributed by atoms with Crippen LogP contribution in [0.3, 0.4) is 0 Å². The molecule has 0 fully saturated rings. The van der Waals surface area contributed by atoms with E-state index in [1.807, 2.05) is 0 Å². The Morgan fingerprint density at radius 3 is 2.39 bits per heavy atom. The summed E-state index contributed by atoms with van der Waals surface area (Å²) >= 11 is 2.87. The highest BCUT2D eigenvalue weighted by Crippen LogP contribution is 2.40. The molecule has 0 amide bonds. The second-order valence-electron chi connectivity index (χ2n) is 3.02. The summed E-state index contributed by atoms with van der Waals surface area (Å²) in [4.78, 5) is 3.50. The van der Waals surface area contributed by atoms with Crippen molar-refractivity contribution in [3.63, 3.8) is 0 Å². The van der Waals surface area contributed by atoms with Crippen molar-refractivity contribution in [2.24, 2.45) is 0 Å². The molecule has 1 aromatic heterocycles. The van der Waals surface area contributed by atoms with Gasteiger partial charge in [0.2, 0.25) is 5.88 Å². The van der Waals surface area contributed by atoms with Crippen molar-refractivity contribution in [1.29, 1.82) is 0 Å². The first-order chi connectivity index (χ1) is 8.30. The zero-order chi connectivity index (χ0) is 13.9. The van der Waals surface area contributed by atoms with Gasteiger partial charge in [-0.15, -0.1) is 13.2 Å². The first-order valence-electron chi connectivity index (χ1n) is 4.45. The zero-order valence-electron chi connectivity index (χ0n) is 8.89. The van der Waals surface area contributed by atoms with Gasteiger partial charge in [0.25, 0.3) is 6.43 Å². The minimum atomic E-state index is -5.08. The van der Waals surface area contributed by atoms with Crippen molar-refractivity contribution in [1.82, 2.24) is 4.98 Å². The maximum Gasteiger partial charge on any atom is 0.573 e. The topological polar surface area (TPSA) is 31.4 Å². The fraction of sp³-hybridized carbons (Fsp3) is 0.444. The second-order valence-corrected chi connectivity index (χ2v) is 3.58. The Kier molecular flexibility index (Phi) is 4.71. The van der Waals surface area contributed by atoms with Gasteiger partial charge in [-0.05, 0) is 0 Å². The van der Waals surface area contributed by atoms with E-state index in [0.29, 0.717) is 0 Å². The van der Waals surface area contributed by atoms with E-state index in [2.05, 4.69) is 30.4 Å². The fourth-order valence-corrected chi connectivity index (χ4v) is 1.62. The van der Waals surface area contributed by atoms with Crippen LogP contribution in [0.2, 0.25) is 0 Å². The number of hydrogen-bond donors (Lipinski definition) is 0. The van der Waals surface area contributed by atoms with Crippen LogP contribution >= 0.6 is 15.9 Å². The predicted octanol–water partition coefficient (Wildman–Crippen LogP) is 3.82. The molecule has 0 radical (unpaired) electrons. The number of methoxy groups -OCH3 is 1. The van der Waals surface area contributed by atoms with Gasteiger partial charge in [-0.25, -0.2) is 13.8 Å². The number of aromatic nitrogens is 1. The van der Waals surface area contributed by atoms with Crippen LogP contribution in [-0.2, 0) is 5.33 Å². The number of hydrogen-bond acceptors (Lipinski definition) is 3. The molecule has 3 nitrogen and oxygen atoms in total. The predicted molar refractivity (Wildman–Crippen MR) is 55.1 cm³/mol. The highest BCUT2D eigenvalue weighted by molar-refractivity contribution is 9.08. The third kappa shape index (κ3) is 3.44. The van der Waals surface area contributed by atoms with Crippen LogP contribution in [0.15, 0.2) is 6.20 Å². The van der Waals surface area contributed by atoms with E-state index in [4.69, 9.17) is 0 Å². The molecule has 0 N–H and O–H groups in total.